The molecule has 0 saturated carbocycles. The summed E-state index contributed by atoms with van der Waals surface area (Å²) in [6, 6.07) is 4.13. The molecule has 2 heterocycles. The summed E-state index contributed by atoms with van der Waals surface area (Å²) < 4.78 is 1.70. The smallest absolute Gasteiger partial charge is 0.293 e. The molecule has 102 valence electrons. The van der Waals surface area contributed by atoms with E-state index in [0.717, 1.165) is 13.0 Å². The molecule has 0 aromatic carbocycles. The van der Waals surface area contributed by atoms with E-state index in [1.807, 2.05) is 26.8 Å². The van der Waals surface area contributed by atoms with E-state index in [1.165, 1.54) is 4.88 Å². The number of anilines is 1. The number of nitrogens with zero attached hydrogens (tertiary/aromatic N) is 2. The van der Waals surface area contributed by atoms with Gasteiger partial charge in [-0.1, -0.05) is 6.07 Å². The van der Waals surface area contributed by atoms with Gasteiger partial charge in [-0.2, -0.15) is 0 Å². The number of aromatic nitrogens is 2. The summed E-state index contributed by atoms with van der Waals surface area (Å²) in [5, 5.41) is 5.18. The van der Waals surface area contributed by atoms with Crippen LogP contribution in [0.1, 0.15) is 25.6 Å². The van der Waals surface area contributed by atoms with Gasteiger partial charge in [-0.3, -0.25) is 4.79 Å². The standard InChI is InChI=1S/C14H19N3OS/c1-14(2,3)17-9-8-16-12(13(17)18)15-7-6-11-5-4-10-19-11/h4-5,8-10H,6-7H2,1-3H3,(H,15,16). The Balaban J connectivity index is 2.07. The number of nitrogens with one attached hydrogen (secondary N) is 1. The van der Waals surface area contributed by atoms with Gasteiger partial charge in [0, 0.05) is 29.4 Å². The van der Waals surface area contributed by atoms with Gasteiger partial charge in [0.05, 0.1) is 0 Å². The summed E-state index contributed by atoms with van der Waals surface area (Å²) in [5.74, 6) is 0.425. The van der Waals surface area contributed by atoms with Crippen LogP contribution in [0.2, 0.25) is 0 Å². The third kappa shape index (κ3) is 3.44. The maximum absolute atomic E-state index is 12.2. The van der Waals surface area contributed by atoms with Gasteiger partial charge >= 0.3 is 0 Å². The summed E-state index contributed by atoms with van der Waals surface area (Å²) >= 11 is 1.73. The van der Waals surface area contributed by atoms with Crippen molar-refractivity contribution in [2.45, 2.75) is 32.7 Å². The molecule has 0 unspecified atom stereocenters. The van der Waals surface area contributed by atoms with Crippen LogP contribution in [-0.2, 0) is 12.0 Å². The van der Waals surface area contributed by atoms with E-state index in [0.29, 0.717) is 5.82 Å². The van der Waals surface area contributed by atoms with E-state index in [2.05, 4.69) is 21.7 Å². The maximum atomic E-state index is 12.2. The molecule has 0 aliphatic heterocycles. The molecular formula is C14H19N3OS. The van der Waals surface area contributed by atoms with Gasteiger partial charge in [0.25, 0.3) is 5.56 Å². The molecule has 0 radical (unpaired) electrons. The lowest BCUT2D eigenvalue weighted by atomic mass is 10.1. The Labute approximate surface area is 117 Å². The topological polar surface area (TPSA) is 46.9 Å². The molecule has 2 rings (SSSR count). The Morgan fingerprint density at radius 3 is 2.84 bits per heavy atom. The average Bonchev–Trinajstić information content (AvgIpc) is 2.83. The highest BCUT2D eigenvalue weighted by Gasteiger charge is 2.16. The van der Waals surface area contributed by atoms with Crippen LogP contribution in [0.4, 0.5) is 5.82 Å². The first-order chi connectivity index (χ1) is 8.98. The number of hydrogen-bond donors (Lipinski definition) is 1. The first kappa shape index (κ1) is 13.8. The third-order valence-electron chi connectivity index (χ3n) is 2.81. The van der Waals surface area contributed by atoms with Gasteiger partial charge < -0.3 is 9.88 Å². The number of thiophene rings is 1. The highest BCUT2D eigenvalue weighted by molar-refractivity contribution is 7.09. The highest BCUT2D eigenvalue weighted by atomic mass is 32.1. The summed E-state index contributed by atoms with van der Waals surface area (Å²) in [4.78, 5) is 17.7. The van der Waals surface area contributed by atoms with Crippen LogP contribution in [0.5, 0.6) is 0 Å². The molecule has 0 saturated heterocycles. The zero-order valence-corrected chi connectivity index (χ0v) is 12.3. The van der Waals surface area contributed by atoms with Crippen LogP contribution in [-0.4, -0.2) is 16.1 Å². The van der Waals surface area contributed by atoms with Gasteiger partial charge in [-0.05, 0) is 38.6 Å². The van der Waals surface area contributed by atoms with Crippen molar-refractivity contribution < 1.29 is 0 Å². The minimum atomic E-state index is -0.232. The molecule has 0 amide bonds. The summed E-state index contributed by atoms with van der Waals surface area (Å²) in [6.45, 7) is 6.73. The third-order valence-corrected chi connectivity index (χ3v) is 3.74. The first-order valence-corrected chi connectivity index (χ1v) is 7.21. The van der Waals surface area contributed by atoms with E-state index in [4.69, 9.17) is 0 Å². The Bertz CT molecular complexity index is 581. The second-order valence-corrected chi connectivity index (χ2v) is 6.41. The van der Waals surface area contributed by atoms with E-state index >= 15 is 0 Å². The predicted molar refractivity (Wildman–Crippen MR) is 80.0 cm³/mol. The fourth-order valence-electron chi connectivity index (χ4n) is 1.82. The van der Waals surface area contributed by atoms with Gasteiger partial charge in [-0.15, -0.1) is 11.3 Å². The van der Waals surface area contributed by atoms with Crippen LogP contribution < -0.4 is 10.9 Å². The molecule has 0 bridgehead atoms. The number of rotatable bonds is 4. The van der Waals surface area contributed by atoms with Gasteiger partial charge in [0.15, 0.2) is 5.82 Å². The molecule has 0 atom stereocenters. The summed E-state index contributed by atoms with van der Waals surface area (Å²) in [6.07, 6.45) is 4.30. The zero-order valence-electron chi connectivity index (χ0n) is 11.5. The molecule has 2 aromatic rings. The average molecular weight is 277 g/mol. The molecule has 5 heteroatoms. The predicted octanol–water partition coefficient (Wildman–Crippen LogP) is 2.71. The molecule has 2 aromatic heterocycles. The summed E-state index contributed by atoms with van der Waals surface area (Å²) in [7, 11) is 0. The van der Waals surface area contributed by atoms with Crippen molar-refractivity contribution in [2.75, 3.05) is 11.9 Å². The minimum absolute atomic E-state index is 0.0684. The maximum Gasteiger partial charge on any atom is 0.293 e. The van der Waals surface area contributed by atoms with E-state index < -0.39 is 0 Å². The van der Waals surface area contributed by atoms with Gasteiger partial charge in [-0.25, -0.2) is 4.98 Å². The Morgan fingerprint density at radius 2 is 2.21 bits per heavy atom. The fourth-order valence-corrected chi connectivity index (χ4v) is 2.53. The molecule has 19 heavy (non-hydrogen) atoms. The van der Waals surface area contributed by atoms with Crippen molar-refractivity contribution in [3.05, 3.63) is 45.1 Å². The molecule has 0 spiro atoms. The van der Waals surface area contributed by atoms with Crippen LogP contribution in [0.15, 0.2) is 34.7 Å². The molecule has 0 aliphatic rings. The molecule has 1 N–H and O–H groups in total. The van der Waals surface area contributed by atoms with Crippen molar-refractivity contribution in [3.8, 4) is 0 Å². The fraction of sp³-hybridized carbons (Fsp3) is 0.429. The Kier molecular flexibility index (Phi) is 4.04. The molecular weight excluding hydrogens is 258 g/mol. The van der Waals surface area contributed by atoms with E-state index in [-0.39, 0.29) is 11.1 Å². The highest BCUT2D eigenvalue weighted by Crippen LogP contribution is 2.11. The van der Waals surface area contributed by atoms with Gasteiger partial charge in [0.1, 0.15) is 0 Å². The second kappa shape index (κ2) is 5.57. The summed E-state index contributed by atoms with van der Waals surface area (Å²) in [5.41, 5.74) is -0.300. The van der Waals surface area contributed by atoms with Crippen molar-refractivity contribution >= 4 is 17.2 Å². The lowest BCUT2D eigenvalue weighted by molar-refractivity contribution is 0.383. The quantitative estimate of drug-likeness (QED) is 0.934. The molecule has 0 fully saturated rings. The Morgan fingerprint density at radius 1 is 1.42 bits per heavy atom. The zero-order chi connectivity index (χ0) is 13.9. The minimum Gasteiger partial charge on any atom is -0.365 e. The van der Waals surface area contributed by atoms with Crippen molar-refractivity contribution in [2.24, 2.45) is 0 Å². The normalized spacial score (nSPS) is 11.5. The molecule has 4 nitrogen and oxygen atoms in total. The Hall–Kier alpha value is -1.62. The SMILES string of the molecule is CC(C)(C)n1ccnc(NCCc2cccs2)c1=O. The van der Waals surface area contributed by atoms with Gasteiger partial charge in [0.2, 0.25) is 0 Å². The van der Waals surface area contributed by atoms with Crippen molar-refractivity contribution in [1.82, 2.24) is 9.55 Å². The largest absolute Gasteiger partial charge is 0.365 e. The van der Waals surface area contributed by atoms with E-state index in [1.54, 1.807) is 28.3 Å². The van der Waals surface area contributed by atoms with Crippen molar-refractivity contribution in [1.29, 1.82) is 0 Å². The number of hydrogen-bond acceptors (Lipinski definition) is 4. The van der Waals surface area contributed by atoms with Crippen molar-refractivity contribution in [3.63, 3.8) is 0 Å². The van der Waals surface area contributed by atoms with Crippen LogP contribution in [0.25, 0.3) is 0 Å². The second-order valence-electron chi connectivity index (χ2n) is 5.38. The van der Waals surface area contributed by atoms with Crippen LogP contribution in [0, 0.1) is 0 Å². The lowest BCUT2D eigenvalue weighted by Crippen LogP contribution is -2.35. The molecule has 0 aliphatic carbocycles. The van der Waals surface area contributed by atoms with Crippen LogP contribution >= 0.6 is 11.3 Å². The lowest BCUT2D eigenvalue weighted by Gasteiger charge is -2.22. The monoisotopic (exact) mass is 277 g/mol. The first-order valence-electron chi connectivity index (χ1n) is 6.33. The van der Waals surface area contributed by atoms with E-state index in [9.17, 15) is 4.79 Å². The van der Waals surface area contributed by atoms with Crippen LogP contribution in [0.3, 0.4) is 0 Å².